The molecule has 2 nitrogen and oxygen atoms in total. The highest BCUT2D eigenvalue weighted by molar-refractivity contribution is 5.47. The molecule has 2 aromatic rings. The zero-order valence-corrected chi connectivity index (χ0v) is 12.0. The van der Waals surface area contributed by atoms with Crippen LogP contribution in [0.15, 0.2) is 48.5 Å². The van der Waals surface area contributed by atoms with Gasteiger partial charge in [-0.05, 0) is 41.8 Å². The van der Waals surface area contributed by atoms with E-state index in [9.17, 15) is 4.39 Å². The van der Waals surface area contributed by atoms with E-state index in [1.54, 1.807) is 0 Å². The second-order valence-corrected chi connectivity index (χ2v) is 5.09. The quantitative estimate of drug-likeness (QED) is 0.895. The van der Waals surface area contributed by atoms with Crippen molar-refractivity contribution in [2.24, 2.45) is 5.73 Å². The molecule has 0 aliphatic heterocycles. The van der Waals surface area contributed by atoms with Crippen LogP contribution in [0.1, 0.15) is 30.5 Å². The SMILES string of the molecule is CC[C@@H](N)c1ccc(N(C)Cc2ccc(F)cc2)cc1. The highest BCUT2D eigenvalue weighted by Gasteiger charge is 2.05. The first kappa shape index (κ1) is 14.5. The number of rotatable bonds is 5. The first-order valence-corrected chi connectivity index (χ1v) is 6.91. The molecule has 0 saturated heterocycles. The first-order chi connectivity index (χ1) is 9.60. The van der Waals surface area contributed by atoms with Crippen LogP contribution >= 0.6 is 0 Å². The third kappa shape index (κ3) is 3.58. The van der Waals surface area contributed by atoms with Crippen LogP contribution in [0.25, 0.3) is 0 Å². The van der Waals surface area contributed by atoms with E-state index >= 15 is 0 Å². The molecular weight excluding hydrogens is 251 g/mol. The molecule has 0 aliphatic rings. The van der Waals surface area contributed by atoms with E-state index in [0.717, 1.165) is 29.8 Å². The molecule has 0 aromatic heterocycles. The molecule has 0 fully saturated rings. The summed E-state index contributed by atoms with van der Waals surface area (Å²) >= 11 is 0. The lowest BCUT2D eigenvalue weighted by atomic mass is 10.1. The summed E-state index contributed by atoms with van der Waals surface area (Å²) < 4.78 is 12.9. The van der Waals surface area contributed by atoms with E-state index in [-0.39, 0.29) is 11.9 Å². The lowest BCUT2D eigenvalue weighted by Crippen LogP contribution is -2.16. The fourth-order valence-electron chi connectivity index (χ4n) is 2.17. The van der Waals surface area contributed by atoms with Gasteiger partial charge in [-0.2, -0.15) is 0 Å². The molecule has 0 bridgehead atoms. The Kier molecular flexibility index (Phi) is 4.74. The molecule has 0 unspecified atom stereocenters. The molecule has 0 radical (unpaired) electrons. The molecule has 2 aromatic carbocycles. The van der Waals surface area contributed by atoms with E-state index < -0.39 is 0 Å². The summed E-state index contributed by atoms with van der Waals surface area (Å²) in [5, 5.41) is 0. The van der Waals surface area contributed by atoms with Gasteiger partial charge in [-0.3, -0.25) is 0 Å². The minimum absolute atomic E-state index is 0.103. The standard InChI is InChI=1S/C17H21FN2/c1-3-17(19)14-6-10-16(11-7-14)20(2)12-13-4-8-15(18)9-5-13/h4-11,17H,3,12,19H2,1-2H3/t17-/m1/s1. The van der Waals surface area contributed by atoms with Crippen molar-refractivity contribution in [3.63, 3.8) is 0 Å². The zero-order chi connectivity index (χ0) is 14.5. The summed E-state index contributed by atoms with van der Waals surface area (Å²) in [7, 11) is 2.03. The second kappa shape index (κ2) is 6.53. The monoisotopic (exact) mass is 272 g/mol. The van der Waals surface area contributed by atoms with Crippen LogP contribution in [0, 0.1) is 5.82 Å². The lowest BCUT2D eigenvalue weighted by molar-refractivity contribution is 0.627. The molecular formula is C17H21FN2. The molecule has 0 aliphatic carbocycles. The molecule has 0 amide bonds. The number of benzene rings is 2. The summed E-state index contributed by atoms with van der Waals surface area (Å²) in [5.41, 5.74) is 9.38. The van der Waals surface area contributed by atoms with Crippen molar-refractivity contribution in [2.75, 3.05) is 11.9 Å². The number of hydrogen-bond donors (Lipinski definition) is 1. The highest BCUT2D eigenvalue weighted by atomic mass is 19.1. The number of anilines is 1. The average molecular weight is 272 g/mol. The largest absolute Gasteiger partial charge is 0.370 e. The van der Waals surface area contributed by atoms with Gasteiger partial charge >= 0.3 is 0 Å². The predicted octanol–water partition coefficient (Wildman–Crippen LogP) is 3.87. The van der Waals surface area contributed by atoms with Gasteiger partial charge < -0.3 is 10.6 Å². The molecule has 0 saturated carbocycles. The summed E-state index contributed by atoms with van der Waals surface area (Å²) in [6, 6.07) is 15.0. The number of nitrogens with zero attached hydrogens (tertiary/aromatic N) is 1. The van der Waals surface area contributed by atoms with Crippen molar-refractivity contribution >= 4 is 5.69 Å². The van der Waals surface area contributed by atoms with Gasteiger partial charge in [-0.15, -0.1) is 0 Å². The first-order valence-electron chi connectivity index (χ1n) is 6.91. The number of hydrogen-bond acceptors (Lipinski definition) is 2. The minimum atomic E-state index is -0.200. The Morgan fingerprint density at radius 1 is 1.05 bits per heavy atom. The van der Waals surface area contributed by atoms with E-state index in [4.69, 9.17) is 5.73 Å². The van der Waals surface area contributed by atoms with Crippen molar-refractivity contribution < 1.29 is 4.39 Å². The van der Waals surface area contributed by atoms with Crippen molar-refractivity contribution in [1.29, 1.82) is 0 Å². The Hall–Kier alpha value is -1.87. The fraction of sp³-hybridized carbons (Fsp3) is 0.294. The Labute approximate surface area is 120 Å². The normalized spacial score (nSPS) is 12.2. The smallest absolute Gasteiger partial charge is 0.123 e. The Balaban J connectivity index is 2.05. The predicted molar refractivity (Wildman–Crippen MR) is 82.2 cm³/mol. The van der Waals surface area contributed by atoms with Gasteiger partial charge in [-0.25, -0.2) is 4.39 Å². The van der Waals surface area contributed by atoms with Crippen molar-refractivity contribution in [1.82, 2.24) is 0 Å². The maximum Gasteiger partial charge on any atom is 0.123 e. The van der Waals surface area contributed by atoms with Crippen LogP contribution in [0.4, 0.5) is 10.1 Å². The average Bonchev–Trinajstić information content (AvgIpc) is 2.49. The maximum absolute atomic E-state index is 12.9. The summed E-state index contributed by atoms with van der Waals surface area (Å²) in [6.07, 6.45) is 0.935. The highest BCUT2D eigenvalue weighted by Crippen LogP contribution is 2.20. The number of nitrogens with two attached hydrogens (primary N) is 1. The number of halogens is 1. The van der Waals surface area contributed by atoms with Crippen LogP contribution in [0.3, 0.4) is 0 Å². The molecule has 3 heteroatoms. The van der Waals surface area contributed by atoms with Crippen LogP contribution in [-0.2, 0) is 6.54 Å². The molecule has 2 rings (SSSR count). The van der Waals surface area contributed by atoms with Crippen LogP contribution in [0.5, 0.6) is 0 Å². The molecule has 20 heavy (non-hydrogen) atoms. The van der Waals surface area contributed by atoms with Gasteiger partial charge in [0.15, 0.2) is 0 Å². The Morgan fingerprint density at radius 3 is 2.20 bits per heavy atom. The van der Waals surface area contributed by atoms with Crippen LogP contribution < -0.4 is 10.6 Å². The van der Waals surface area contributed by atoms with Gasteiger partial charge in [0.2, 0.25) is 0 Å². The topological polar surface area (TPSA) is 29.3 Å². The molecule has 0 spiro atoms. The minimum Gasteiger partial charge on any atom is -0.370 e. The van der Waals surface area contributed by atoms with Gasteiger partial charge in [0.1, 0.15) is 5.82 Å². The van der Waals surface area contributed by atoms with Crippen LogP contribution in [-0.4, -0.2) is 7.05 Å². The molecule has 1 atom stereocenters. The Morgan fingerprint density at radius 2 is 1.65 bits per heavy atom. The third-order valence-corrected chi connectivity index (χ3v) is 3.53. The third-order valence-electron chi connectivity index (χ3n) is 3.53. The second-order valence-electron chi connectivity index (χ2n) is 5.09. The summed E-state index contributed by atoms with van der Waals surface area (Å²) in [5.74, 6) is -0.200. The summed E-state index contributed by atoms with van der Waals surface area (Å²) in [4.78, 5) is 2.13. The van der Waals surface area contributed by atoms with Gasteiger partial charge in [0.25, 0.3) is 0 Å². The van der Waals surface area contributed by atoms with E-state index in [2.05, 4.69) is 36.1 Å². The van der Waals surface area contributed by atoms with Gasteiger partial charge in [-0.1, -0.05) is 31.2 Å². The van der Waals surface area contributed by atoms with E-state index in [1.807, 2.05) is 19.2 Å². The van der Waals surface area contributed by atoms with Crippen molar-refractivity contribution in [3.05, 3.63) is 65.5 Å². The molecule has 2 N–H and O–H groups in total. The lowest BCUT2D eigenvalue weighted by Gasteiger charge is -2.20. The van der Waals surface area contributed by atoms with Gasteiger partial charge in [0.05, 0.1) is 0 Å². The molecule has 0 heterocycles. The van der Waals surface area contributed by atoms with E-state index in [0.29, 0.717) is 0 Å². The zero-order valence-electron chi connectivity index (χ0n) is 12.0. The summed E-state index contributed by atoms with van der Waals surface area (Å²) in [6.45, 7) is 2.83. The van der Waals surface area contributed by atoms with Crippen molar-refractivity contribution in [2.45, 2.75) is 25.9 Å². The van der Waals surface area contributed by atoms with Crippen molar-refractivity contribution in [3.8, 4) is 0 Å². The molecule has 106 valence electrons. The maximum atomic E-state index is 12.9. The Bertz CT molecular complexity index is 534. The fourth-order valence-corrected chi connectivity index (χ4v) is 2.17. The van der Waals surface area contributed by atoms with Crippen LogP contribution in [0.2, 0.25) is 0 Å². The van der Waals surface area contributed by atoms with E-state index in [1.165, 1.54) is 12.1 Å². The van der Waals surface area contributed by atoms with Gasteiger partial charge in [0, 0.05) is 25.3 Å².